The van der Waals surface area contributed by atoms with Gasteiger partial charge in [-0.3, -0.25) is 9.48 Å². The maximum absolute atomic E-state index is 13.1. The molecule has 1 saturated heterocycles. The van der Waals surface area contributed by atoms with Crippen molar-refractivity contribution in [2.24, 2.45) is 11.8 Å². The van der Waals surface area contributed by atoms with Crippen molar-refractivity contribution in [3.63, 3.8) is 0 Å². The molecule has 2 fully saturated rings. The molecule has 7 nitrogen and oxygen atoms in total. The molecule has 5 rings (SSSR count). The third-order valence-electron chi connectivity index (χ3n) is 7.57. The van der Waals surface area contributed by atoms with Crippen LogP contribution in [0.5, 0.6) is 0 Å². The lowest BCUT2D eigenvalue weighted by Gasteiger charge is -2.31. The van der Waals surface area contributed by atoms with E-state index in [1.54, 1.807) is 0 Å². The molecule has 1 aliphatic carbocycles. The Morgan fingerprint density at radius 2 is 1.84 bits per heavy atom. The number of aromatic nitrogens is 3. The van der Waals surface area contributed by atoms with E-state index >= 15 is 0 Å². The van der Waals surface area contributed by atoms with Crippen LogP contribution in [0, 0.1) is 11.8 Å². The summed E-state index contributed by atoms with van der Waals surface area (Å²) in [6, 6.07) is 7.46. The van der Waals surface area contributed by atoms with Crippen molar-refractivity contribution in [1.29, 1.82) is 0 Å². The number of nitrogens with one attached hydrogen (secondary N) is 1. The first-order valence-electron chi connectivity index (χ1n) is 12.9. The monoisotopic (exact) mass is 515 g/mol. The molecule has 0 atom stereocenters. The van der Waals surface area contributed by atoms with Crippen LogP contribution < -0.4 is 10.2 Å². The lowest BCUT2D eigenvalue weighted by molar-refractivity contribution is -0.141. The summed E-state index contributed by atoms with van der Waals surface area (Å²) < 4.78 is 46.9. The zero-order valence-electron chi connectivity index (χ0n) is 21.1. The second-order valence-corrected chi connectivity index (χ2v) is 10.3. The van der Waals surface area contributed by atoms with Gasteiger partial charge in [0, 0.05) is 24.7 Å². The fraction of sp³-hybridized carbons (Fsp3) is 0.519. The van der Waals surface area contributed by atoms with Gasteiger partial charge in [-0.15, -0.1) is 0 Å². The predicted molar refractivity (Wildman–Crippen MR) is 136 cm³/mol. The molecule has 1 aromatic carbocycles. The number of anilines is 2. The van der Waals surface area contributed by atoms with Crippen LogP contribution >= 0.6 is 0 Å². The van der Waals surface area contributed by atoms with Crippen molar-refractivity contribution >= 4 is 28.2 Å². The maximum atomic E-state index is 13.1. The average molecular weight is 516 g/mol. The van der Waals surface area contributed by atoms with Gasteiger partial charge in [0.1, 0.15) is 11.4 Å². The van der Waals surface area contributed by atoms with Crippen molar-refractivity contribution in [3.05, 3.63) is 47.9 Å². The number of carbonyl (C=O) groups excluding carboxylic acids is 1. The third kappa shape index (κ3) is 5.58. The number of ether oxygens (including phenoxy) is 1. The molecule has 1 aliphatic heterocycles. The zero-order valence-corrected chi connectivity index (χ0v) is 21.1. The molecule has 3 heterocycles. The van der Waals surface area contributed by atoms with Gasteiger partial charge in [-0.05, 0) is 61.8 Å². The number of rotatable bonds is 5. The second-order valence-electron chi connectivity index (χ2n) is 10.3. The number of hydrogen-bond acceptors (Lipinski definition) is 5. The maximum Gasteiger partial charge on any atom is 0.433 e. The van der Waals surface area contributed by atoms with Crippen LogP contribution in [0.15, 0.2) is 36.5 Å². The first-order valence-corrected chi connectivity index (χ1v) is 12.9. The van der Waals surface area contributed by atoms with Crippen LogP contribution in [0.25, 0.3) is 10.9 Å². The normalized spacial score (nSPS) is 21.0. The summed E-state index contributed by atoms with van der Waals surface area (Å²) in [5.41, 5.74) is 0.715. The number of nitrogens with zero attached hydrogens (tertiary/aromatic N) is 4. The standard InChI is InChI=1S/C27H32F3N5O2/c1-17(2)18-6-8-20(9-7-18)35-16-19-14-23(24(15-22(19)33-35)34-10-12-37-13-11-34)32-26(36)21-4-3-5-25(31-21)27(28,29)30/h3-5,14-18,20H,6-13H2,1-2H3,(H,32,36). The highest BCUT2D eigenvalue weighted by atomic mass is 19.4. The number of morpholine rings is 1. The van der Waals surface area contributed by atoms with E-state index in [0.29, 0.717) is 44.0 Å². The van der Waals surface area contributed by atoms with Crippen LogP contribution in [0.4, 0.5) is 24.5 Å². The highest BCUT2D eigenvalue weighted by Gasteiger charge is 2.33. The van der Waals surface area contributed by atoms with Gasteiger partial charge in [0.25, 0.3) is 5.91 Å². The van der Waals surface area contributed by atoms with Crippen molar-refractivity contribution in [2.45, 2.75) is 51.7 Å². The van der Waals surface area contributed by atoms with Gasteiger partial charge < -0.3 is 15.0 Å². The van der Waals surface area contributed by atoms with Crippen molar-refractivity contribution in [3.8, 4) is 0 Å². The van der Waals surface area contributed by atoms with E-state index in [-0.39, 0.29) is 5.69 Å². The van der Waals surface area contributed by atoms with Crippen LogP contribution in [-0.2, 0) is 10.9 Å². The number of halogens is 3. The van der Waals surface area contributed by atoms with E-state index in [2.05, 4.69) is 29.0 Å². The molecule has 0 spiro atoms. The van der Waals surface area contributed by atoms with Crippen molar-refractivity contribution in [2.75, 3.05) is 36.5 Å². The number of benzene rings is 1. The van der Waals surface area contributed by atoms with E-state index in [9.17, 15) is 18.0 Å². The Kier molecular flexibility index (Phi) is 7.11. The molecule has 37 heavy (non-hydrogen) atoms. The fourth-order valence-corrected chi connectivity index (χ4v) is 5.37. The summed E-state index contributed by atoms with van der Waals surface area (Å²) >= 11 is 0. The Morgan fingerprint density at radius 1 is 1.11 bits per heavy atom. The molecule has 0 unspecified atom stereocenters. The fourth-order valence-electron chi connectivity index (χ4n) is 5.37. The van der Waals surface area contributed by atoms with Crippen LogP contribution in [0.2, 0.25) is 0 Å². The largest absolute Gasteiger partial charge is 0.433 e. The van der Waals surface area contributed by atoms with Crippen LogP contribution in [0.3, 0.4) is 0 Å². The minimum Gasteiger partial charge on any atom is -0.378 e. The summed E-state index contributed by atoms with van der Waals surface area (Å²) in [6.45, 7) is 6.94. The lowest BCUT2D eigenvalue weighted by Crippen LogP contribution is -2.36. The van der Waals surface area contributed by atoms with Crippen LogP contribution in [-0.4, -0.2) is 47.0 Å². The van der Waals surface area contributed by atoms with E-state index in [0.717, 1.165) is 41.4 Å². The molecule has 1 saturated carbocycles. The summed E-state index contributed by atoms with van der Waals surface area (Å²) in [6.07, 6.45) is 1.91. The molecule has 10 heteroatoms. The number of hydrogen-bond donors (Lipinski definition) is 1. The molecule has 198 valence electrons. The molecule has 0 bridgehead atoms. The lowest BCUT2D eigenvalue weighted by atomic mass is 9.80. The Bertz CT molecular complexity index is 1260. The number of pyridine rings is 1. The molecule has 2 aliphatic rings. The smallest absolute Gasteiger partial charge is 0.378 e. The Hall–Kier alpha value is -3.14. The summed E-state index contributed by atoms with van der Waals surface area (Å²) in [5, 5.41) is 8.57. The van der Waals surface area contributed by atoms with Gasteiger partial charge in [0.15, 0.2) is 0 Å². The number of amides is 1. The topological polar surface area (TPSA) is 72.3 Å². The summed E-state index contributed by atoms with van der Waals surface area (Å²) in [7, 11) is 0. The Morgan fingerprint density at radius 3 is 2.51 bits per heavy atom. The van der Waals surface area contributed by atoms with E-state index in [1.807, 2.05) is 23.0 Å². The highest BCUT2D eigenvalue weighted by molar-refractivity contribution is 6.06. The minimum absolute atomic E-state index is 0.291. The molecular weight excluding hydrogens is 483 g/mol. The van der Waals surface area contributed by atoms with Gasteiger partial charge in [-0.2, -0.15) is 18.3 Å². The number of carbonyl (C=O) groups is 1. The van der Waals surface area contributed by atoms with E-state index in [4.69, 9.17) is 9.84 Å². The highest BCUT2D eigenvalue weighted by Crippen LogP contribution is 2.38. The van der Waals surface area contributed by atoms with Gasteiger partial charge >= 0.3 is 6.18 Å². The Balaban J connectivity index is 1.45. The van der Waals surface area contributed by atoms with Crippen LogP contribution in [0.1, 0.15) is 61.8 Å². The quantitative estimate of drug-likeness (QED) is 0.456. The molecular formula is C27H32F3N5O2. The summed E-state index contributed by atoms with van der Waals surface area (Å²) in [4.78, 5) is 18.6. The molecule has 2 aromatic heterocycles. The number of fused-ring (bicyclic) bond motifs is 1. The van der Waals surface area contributed by atoms with Crippen molar-refractivity contribution < 1.29 is 22.7 Å². The molecule has 1 amide bonds. The Labute approximate surface area is 214 Å². The van der Waals surface area contributed by atoms with E-state index in [1.165, 1.54) is 25.0 Å². The average Bonchev–Trinajstić information content (AvgIpc) is 3.31. The minimum atomic E-state index is -4.63. The first-order chi connectivity index (χ1) is 17.7. The SMILES string of the molecule is CC(C)C1CCC(n2cc3cc(NC(=O)c4cccc(C(F)(F)F)n4)c(N4CCOCC4)cc3n2)CC1. The predicted octanol–water partition coefficient (Wildman–Crippen LogP) is 5.93. The van der Waals surface area contributed by atoms with Gasteiger partial charge in [0.2, 0.25) is 0 Å². The van der Waals surface area contributed by atoms with Gasteiger partial charge in [-0.1, -0.05) is 19.9 Å². The van der Waals surface area contributed by atoms with Crippen molar-refractivity contribution in [1.82, 2.24) is 14.8 Å². The second kappa shape index (κ2) is 10.3. The van der Waals surface area contributed by atoms with Gasteiger partial charge in [-0.25, -0.2) is 4.98 Å². The molecule has 1 N–H and O–H groups in total. The zero-order chi connectivity index (χ0) is 26.2. The molecule has 3 aromatic rings. The number of alkyl halides is 3. The van der Waals surface area contributed by atoms with E-state index < -0.39 is 17.8 Å². The molecule has 0 radical (unpaired) electrons. The third-order valence-corrected chi connectivity index (χ3v) is 7.57. The van der Waals surface area contributed by atoms with Gasteiger partial charge in [0.05, 0.1) is 36.1 Å². The first kappa shape index (κ1) is 25.5. The summed E-state index contributed by atoms with van der Waals surface area (Å²) in [5.74, 6) is 0.742.